The minimum Gasteiger partial charge on any atom is -0.481 e. The van der Waals surface area contributed by atoms with Gasteiger partial charge in [0.25, 0.3) is 0 Å². The van der Waals surface area contributed by atoms with Crippen molar-refractivity contribution in [2.24, 2.45) is 5.92 Å². The fraction of sp³-hybridized carbons (Fsp3) is 0.222. The maximum Gasteiger partial charge on any atom is 0.306 e. The standard InChI is InChI=1S/C27H23Cl2NO4S2/c1-15(27(31)32)21-11-12-30-22-13-17(16-3-5-18(28)6-4-16)14-23(36(2,33)34)24(22)26(25(21)30)35-20-9-7-19(29)8-10-20/h3-10,13-15,21H,11-12H2,1-2H3,(H,31,32). The molecule has 4 aromatic rings. The molecule has 1 aromatic heterocycles. The van der Waals surface area contributed by atoms with Crippen LogP contribution in [0, 0.1) is 5.92 Å². The van der Waals surface area contributed by atoms with E-state index in [1.807, 2.05) is 30.3 Å². The van der Waals surface area contributed by atoms with Crippen LogP contribution in [-0.4, -0.2) is 30.3 Å². The third-order valence-corrected chi connectivity index (χ3v) is 9.49. The van der Waals surface area contributed by atoms with E-state index in [9.17, 15) is 18.3 Å². The lowest BCUT2D eigenvalue weighted by atomic mass is 9.90. The van der Waals surface area contributed by atoms with Gasteiger partial charge in [0.2, 0.25) is 0 Å². The van der Waals surface area contributed by atoms with Crippen LogP contribution in [0.3, 0.4) is 0 Å². The van der Waals surface area contributed by atoms with Crippen LogP contribution in [0.15, 0.2) is 75.4 Å². The first-order valence-electron chi connectivity index (χ1n) is 11.4. The fourth-order valence-electron chi connectivity index (χ4n) is 4.92. The topological polar surface area (TPSA) is 76.4 Å². The van der Waals surface area contributed by atoms with E-state index in [4.69, 9.17) is 23.2 Å². The zero-order valence-electron chi connectivity index (χ0n) is 19.5. The Morgan fingerprint density at radius 3 is 2.22 bits per heavy atom. The van der Waals surface area contributed by atoms with E-state index in [0.717, 1.165) is 32.1 Å². The minimum atomic E-state index is -3.62. The summed E-state index contributed by atoms with van der Waals surface area (Å²) >= 11 is 13.6. The van der Waals surface area contributed by atoms with Crippen molar-refractivity contribution >= 4 is 61.7 Å². The summed E-state index contributed by atoms with van der Waals surface area (Å²) in [5.74, 6) is -1.72. The van der Waals surface area contributed by atoms with E-state index >= 15 is 0 Å². The first-order valence-corrected chi connectivity index (χ1v) is 14.8. The SMILES string of the molecule is CC(C(=O)O)C1CCn2c1c(Sc1ccc(Cl)cc1)c1c(S(C)(=O)=O)cc(-c3ccc(Cl)cc3)cc12. The average Bonchev–Trinajstić information content (AvgIpc) is 3.39. The van der Waals surface area contributed by atoms with Crippen LogP contribution in [0.2, 0.25) is 10.0 Å². The van der Waals surface area contributed by atoms with Gasteiger partial charge in [0.15, 0.2) is 9.84 Å². The maximum absolute atomic E-state index is 13.1. The van der Waals surface area contributed by atoms with Crippen molar-refractivity contribution in [3.05, 3.63) is 76.4 Å². The normalized spacial score (nSPS) is 16.3. The van der Waals surface area contributed by atoms with Gasteiger partial charge in [0, 0.05) is 49.6 Å². The highest BCUT2D eigenvalue weighted by atomic mass is 35.5. The summed E-state index contributed by atoms with van der Waals surface area (Å²) in [7, 11) is -3.62. The molecule has 0 spiro atoms. The molecule has 3 aromatic carbocycles. The van der Waals surface area contributed by atoms with E-state index < -0.39 is 21.7 Å². The Kier molecular flexibility index (Phi) is 6.62. The summed E-state index contributed by atoms with van der Waals surface area (Å²) in [4.78, 5) is 13.9. The fourth-order valence-corrected chi connectivity index (χ4v) is 7.35. The minimum absolute atomic E-state index is 0.227. The molecule has 2 heterocycles. The summed E-state index contributed by atoms with van der Waals surface area (Å²) in [5, 5.41) is 11.6. The summed E-state index contributed by atoms with van der Waals surface area (Å²) in [6.45, 7) is 2.33. The molecule has 186 valence electrons. The zero-order chi connectivity index (χ0) is 25.8. The highest BCUT2D eigenvalue weighted by Gasteiger charge is 2.37. The molecule has 9 heteroatoms. The molecule has 2 unspecified atom stereocenters. The van der Waals surface area contributed by atoms with Crippen LogP contribution in [-0.2, 0) is 21.2 Å². The number of aryl methyl sites for hydroxylation is 1. The van der Waals surface area contributed by atoms with Crippen LogP contribution in [0.25, 0.3) is 22.0 Å². The lowest BCUT2D eigenvalue weighted by Gasteiger charge is -2.17. The van der Waals surface area contributed by atoms with Crippen molar-refractivity contribution in [3.63, 3.8) is 0 Å². The molecule has 5 nitrogen and oxygen atoms in total. The first kappa shape index (κ1) is 25.2. The van der Waals surface area contributed by atoms with E-state index in [0.29, 0.717) is 28.4 Å². The number of hydrogen-bond acceptors (Lipinski definition) is 4. The van der Waals surface area contributed by atoms with Gasteiger partial charge in [-0.15, -0.1) is 0 Å². The molecule has 1 N–H and O–H groups in total. The van der Waals surface area contributed by atoms with Crippen molar-refractivity contribution in [1.82, 2.24) is 4.57 Å². The zero-order valence-corrected chi connectivity index (χ0v) is 22.7. The monoisotopic (exact) mass is 559 g/mol. The van der Waals surface area contributed by atoms with Crippen LogP contribution in [0.5, 0.6) is 0 Å². The van der Waals surface area contributed by atoms with Crippen molar-refractivity contribution in [2.45, 2.75) is 40.5 Å². The molecule has 0 saturated heterocycles. The average molecular weight is 561 g/mol. The number of nitrogens with zero attached hydrogens (tertiary/aromatic N) is 1. The Morgan fingerprint density at radius 1 is 1.03 bits per heavy atom. The predicted octanol–water partition coefficient (Wildman–Crippen LogP) is 7.38. The summed E-state index contributed by atoms with van der Waals surface area (Å²) in [6.07, 6.45) is 1.89. The Labute approximate surface area is 224 Å². The second kappa shape index (κ2) is 9.45. The van der Waals surface area contributed by atoms with Gasteiger partial charge in [-0.1, -0.05) is 54.0 Å². The number of halogens is 2. The van der Waals surface area contributed by atoms with Crippen molar-refractivity contribution in [2.75, 3.05) is 6.26 Å². The van der Waals surface area contributed by atoms with Gasteiger partial charge < -0.3 is 9.67 Å². The molecule has 1 aliphatic heterocycles. The van der Waals surface area contributed by atoms with Gasteiger partial charge in [-0.3, -0.25) is 4.79 Å². The molecule has 0 aliphatic carbocycles. The van der Waals surface area contributed by atoms with Crippen molar-refractivity contribution in [3.8, 4) is 11.1 Å². The highest BCUT2D eigenvalue weighted by Crippen LogP contribution is 2.50. The lowest BCUT2D eigenvalue weighted by Crippen LogP contribution is -2.17. The molecule has 1 aliphatic rings. The van der Waals surface area contributed by atoms with Gasteiger partial charge in [-0.05, 0) is 66.1 Å². The van der Waals surface area contributed by atoms with Crippen molar-refractivity contribution in [1.29, 1.82) is 0 Å². The van der Waals surface area contributed by atoms with Gasteiger partial charge in [0.05, 0.1) is 16.3 Å². The number of carbonyl (C=O) groups is 1. The smallest absolute Gasteiger partial charge is 0.306 e. The van der Waals surface area contributed by atoms with Gasteiger partial charge >= 0.3 is 5.97 Å². The lowest BCUT2D eigenvalue weighted by molar-refractivity contribution is -0.141. The van der Waals surface area contributed by atoms with Crippen LogP contribution < -0.4 is 0 Å². The molecule has 36 heavy (non-hydrogen) atoms. The van der Waals surface area contributed by atoms with Gasteiger partial charge in [-0.25, -0.2) is 8.42 Å². The third kappa shape index (κ3) is 4.54. The maximum atomic E-state index is 13.1. The summed E-state index contributed by atoms with van der Waals surface area (Å²) in [6, 6.07) is 18.3. The molecule has 0 bridgehead atoms. The number of carboxylic acid groups (broad SMARTS) is 1. The van der Waals surface area contributed by atoms with Crippen molar-refractivity contribution < 1.29 is 18.3 Å². The highest BCUT2D eigenvalue weighted by molar-refractivity contribution is 7.99. The molecular formula is C27H23Cl2NO4S2. The van der Waals surface area contributed by atoms with Gasteiger partial charge in [-0.2, -0.15) is 0 Å². The number of carboxylic acids is 1. The molecule has 0 fully saturated rings. The van der Waals surface area contributed by atoms with E-state index in [2.05, 4.69) is 4.57 Å². The summed E-state index contributed by atoms with van der Waals surface area (Å²) in [5.41, 5.74) is 3.27. The van der Waals surface area contributed by atoms with Crippen LogP contribution >= 0.6 is 35.0 Å². The largest absolute Gasteiger partial charge is 0.481 e. The molecule has 0 radical (unpaired) electrons. The molecular weight excluding hydrogens is 537 g/mol. The number of hydrogen-bond donors (Lipinski definition) is 1. The Balaban J connectivity index is 1.83. The number of aromatic nitrogens is 1. The Bertz CT molecular complexity index is 1590. The molecule has 0 saturated carbocycles. The molecule has 5 rings (SSSR count). The number of fused-ring (bicyclic) bond motifs is 3. The Morgan fingerprint density at radius 2 is 1.64 bits per heavy atom. The first-order chi connectivity index (χ1) is 17.0. The number of sulfone groups is 1. The second-order valence-electron chi connectivity index (χ2n) is 9.09. The molecule has 2 atom stereocenters. The molecule has 0 amide bonds. The van der Waals surface area contributed by atoms with E-state index in [1.54, 1.807) is 37.3 Å². The predicted molar refractivity (Wildman–Crippen MR) is 145 cm³/mol. The second-order valence-corrected chi connectivity index (χ2v) is 13.0. The number of rotatable bonds is 6. The Hall–Kier alpha value is -2.45. The van der Waals surface area contributed by atoms with E-state index in [1.165, 1.54) is 18.0 Å². The van der Waals surface area contributed by atoms with Crippen LogP contribution in [0.1, 0.15) is 25.0 Å². The quantitative estimate of drug-likeness (QED) is 0.266. The summed E-state index contributed by atoms with van der Waals surface area (Å²) < 4.78 is 28.4. The third-order valence-electron chi connectivity index (χ3n) is 6.74. The van der Waals surface area contributed by atoms with E-state index in [-0.39, 0.29) is 10.8 Å². The van der Waals surface area contributed by atoms with Gasteiger partial charge in [0.1, 0.15) is 0 Å². The number of aliphatic carboxylic acids is 1. The van der Waals surface area contributed by atoms with Crippen LogP contribution in [0.4, 0.5) is 0 Å². The number of benzene rings is 3.